The van der Waals surface area contributed by atoms with E-state index in [1.165, 1.54) is 25.7 Å². The zero-order valence-electron chi connectivity index (χ0n) is 9.48. The van der Waals surface area contributed by atoms with Crippen LogP contribution in [0.15, 0.2) is 0 Å². The molecule has 0 aromatic rings. The fourth-order valence-electron chi connectivity index (χ4n) is 1.44. The molecule has 0 aliphatic heterocycles. The van der Waals surface area contributed by atoms with E-state index < -0.39 is 0 Å². The first-order valence-electron chi connectivity index (χ1n) is 5.40. The van der Waals surface area contributed by atoms with Gasteiger partial charge in [-0.2, -0.15) is 0 Å². The average molecular weight is 169 g/mol. The summed E-state index contributed by atoms with van der Waals surface area (Å²) in [7, 11) is 0. The lowest BCUT2D eigenvalue weighted by molar-refractivity contribution is 0.445. The highest BCUT2D eigenvalue weighted by molar-refractivity contribution is 4.88. The third-order valence-corrected chi connectivity index (χ3v) is 2.71. The van der Waals surface area contributed by atoms with Gasteiger partial charge in [-0.05, 0) is 26.2 Å². The Balaban J connectivity index is 3.47. The minimum Gasteiger partial charge on any atom is -0.0654 e. The van der Waals surface area contributed by atoms with Gasteiger partial charge in [-0.25, -0.2) is 0 Å². The Morgan fingerprint density at radius 3 is 2.17 bits per heavy atom. The van der Waals surface area contributed by atoms with Crippen molar-refractivity contribution in [1.82, 2.24) is 0 Å². The maximum absolute atomic E-state index is 2.38. The van der Waals surface area contributed by atoms with Crippen LogP contribution in [0.5, 0.6) is 0 Å². The molecule has 0 heteroatoms. The molecule has 0 saturated carbocycles. The highest BCUT2D eigenvalue weighted by Gasteiger charge is 2.20. The Labute approximate surface area is 78.8 Å². The molecule has 0 fully saturated rings. The second kappa shape index (κ2) is 6.39. The molecule has 0 amide bonds. The number of hydrogen-bond donors (Lipinski definition) is 0. The third kappa shape index (κ3) is 5.51. The molecule has 0 nitrogen and oxygen atoms in total. The van der Waals surface area contributed by atoms with Crippen LogP contribution in [0.25, 0.3) is 0 Å². The fourth-order valence-corrected chi connectivity index (χ4v) is 1.44. The molecule has 0 N–H and O–H groups in total. The van der Waals surface area contributed by atoms with Crippen LogP contribution in [-0.2, 0) is 0 Å². The first kappa shape index (κ1) is 11.9. The first-order valence-corrected chi connectivity index (χ1v) is 5.40. The molecule has 0 radical (unpaired) electrons. The van der Waals surface area contributed by atoms with Crippen molar-refractivity contribution < 1.29 is 0 Å². The van der Waals surface area contributed by atoms with Gasteiger partial charge < -0.3 is 0 Å². The summed E-state index contributed by atoms with van der Waals surface area (Å²) in [5.74, 6) is 3.33. The largest absolute Gasteiger partial charge is 0.0943 e. The van der Waals surface area contributed by atoms with Crippen LogP contribution < -0.4 is 0 Å². The lowest BCUT2D eigenvalue weighted by Crippen LogP contribution is -2.06. The van der Waals surface area contributed by atoms with Crippen molar-refractivity contribution >= 4 is 0 Å². The Hall–Kier alpha value is -0.130. The molecule has 0 aromatic heterocycles. The van der Waals surface area contributed by atoms with Crippen molar-refractivity contribution in [3.8, 4) is 0 Å². The third-order valence-electron chi connectivity index (χ3n) is 2.71. The van der Waals surface area contributed by atoms with Crippen molar-refractivity contribution in [2.24, 2.45) is 11.8 Å². The van der Waals surface area contributed by atoms with E-state index in [-0.39, 0.29) is 0 Å². The van der Waals surface area contributed by atoms with Crippen molar-refractivity contribution in [3.63, 3.8) is 0 Å². The normalized spacial score (nSPS) is 13.5. The number of unbranched alkanes of at least 4 members (excludes halogenated alkanes) is 1. The van der Waals surface area contributed by atoms with Crippen molar-refractivity contribution in [2.45, 2.75) is 60.3 Å². The van der Waals surface area contributed by atoms with Crippen molar-refractivity contribution in [2.75, 3.05) is 0 Å². The molecule has 0 bridgehead atoms. The van der Waals surface area contributed by atoms with Gasteiger partial charge in [-0.15, -0.1) is 0 Å². The van der Waals surface area contributed by atoms with Gasteiger partial charge in [-0.1, -0.05) is 26.7 Å². The van der Waals surface area contributed by atoms with E-state index in [0.717, 1.165) is 11.8 Å². The van der Waals surface area contributed by atoms with E-state index in [9.17, 15) is 0 Å². The Morgan fingerprint density at radius 1 is 1.17 bits per heavy atom. The SMILES string of the molecule is CCCCC(C)C[C+](C)C(C)C. The molecule has 0 spiro atoms. The van der Waals surface area contributed by atoms with E-state index in [1.807, 2.05) is 0 Å². The summed E-state index contributed by atoms with van der Waals surface area (Å²) in [4.78, 5) is 0. The summed E-state index contributed by atoms with van der Waals surface area (Å²) in [5, 5.41) is 0. The second-order valence-corrected chi connectivity index (χ2v) is 4.45. The molecule has 1 unspecified atom stereocenters. The predicted octanol–water partition coefficient (Wildman–Crippen LogP) is 4.45. The summed E-state index contributed by atoms with van der Waals surface area (Å²) >= 11 is 0. The van der Waals surface area contributed by atoms with E-state index in [4.69, 9.17) is 0 Å². The lowest BCUT2D eigenvalue weighted by atomic mass is 9.86. The van der Waals surface area contributed by atoms with Crippen LogP contribution in [0, 0.1) is 17.8 Å². The molecule has 12 heavy (non-hydrogen) atoms. The van der Waals surface area contributed by atoms with E-state index in [2.05, 4.69) is 34.6 Å². The zero-order valence-corrected chi connectivity index (χ0v) is 9.48. The molecule has 0 heterocycles. The lowest BCUT2D eigenvalue weighted by Gasteiger charge is -2.11. The van der Waals surface area contributed by atoms with Crippen molar-refractivity contribution in [3.05, 3.63) is 5.92 Å². The minimum absolute atomic E-state index is 0.772. The molecule has 0 aliphatic rings. The molecule has 1 atom stereocenters. The van der Waals surface area contributed by atoms with Gasteiger partial charge in [0.1, 0.15) is 0 Å². The second-order valence-electron chi connectivity index (χ2n) is 4.45. The first-order chi connectivity index (χ1) is 5.57. The smallest absolute Gasteiger partial charge is 0.0654 e. The van der Waals surface area contributed by atoms with Gasteiger partial charge in [0.25, 0.3) is 0 Å². The van der Waals surface area contributed by atoms with E-state index >= 15 is 0 Å². The maximum Gasteiger partial charge on any atom is 0.0943 e. The van der Waals surface area contributed by atoms with Crippen LogP contribution in [0.3, 0.4) is 0 Å². The molecule has 0 saturated heterocycles. The van der Waals surface area contributed by atoms with Gasteiger partial charge >= 0.3 is 0 Å². The monoisotopic (exact) mass is 169 g/mol. The highest BCUT2D eigenvalue weighted by atomic mass is 14.2. The summed E-state index contributed by atoms with van der Waals surface area (Å²) in [6.45, 7) is 11.5. The van der Waals surface area contributed by atoms with Crippen LogP contribution in [0.1, 0.15) is 60.3 Å². The molecular formula is C12H25+. The summed E-state index contributed by atoms with van der Waals surface area (Å²) in [5.41, 5.74) is 0. The molecule has 0 aliphatic carbocycles. The van der Waals surface area contributed by atoms with Gasteiger partial charge in [0, 0.05) is 0 Å². The highest BCUT2D eigenvalue weighted by Crippen LogP contribution is 2.24. The zero-order chi connectivity index (χ0) is 9.56. The van der Waals surface area contributed by atoms with Crippen LogP contribution in [0.4, 0.5) is 0 Å². The fraction of sp³-hybridized carbons (Fsp3) is 0.917. The van der Waals surface area contributed by atoms with E-state index in [0.29, 0.717) is 0 Å². The molecule has 72 valence electrons. The average Bonchev–Trinajstić information content (AvgIpc) is 2.00. The number of hydrogen-bond acceptors (Lipinski definition) is 0. The minimum atomic E-state index is 0.772. The van der Waals surface area contributed by atoms with Crippen LogP contribution in [-0.4, -0.2) is 0 Å². The Kier molecular flexibility index (Phi) is 6.32. The van der Waals surface area contributed by atoms with Gasteiger partial charge in [0.2, 0.25) is 0 Å². The number of rotatable bonds is 6. The van der Waals surface area contributed by atoms with Gasteiger partial charge in [0.15, 0.2) is 0 Å². The Morgan fingerprint density at radius 2 is 1.75 bits per heavy atom. The quantitative estimate of drug-likeness (QED) is 0.515. The van der Waals surface area contributed by atoms with E-state index in [1.54, 1.807) is 5.92 Å². The molecule has 0 rings (SSSR count). The summed E-state index contributed by atoms with van der Waals surface area (Å²) in [6, 6.07) is 0. The summed E-state index contributed by atoms with van der Waals surface area (Å²) in [6.07, 6.45) is 5.47. The summed E-state index contributed by atoms with van der Waals surface area (Å²) < 4.78 is 0. The topological polar surface area (TPSA) is 0 Å². The van der Waals surface area contributed by atoms with Crippen LogP contribution in [0.2, 0.25) is 0 Å². The molecular weight excluding hydrogens is 144 g/mol. The van der Waals surface area contributed by atoms with Gasteiger partial charge in [-0.3, -0.25) is 0 Å². The van der Waals surface area contributed by atoms with Gasteiger partial charge in [0.05, 0.1) is 25.2 Å². The van der Waals surface area contributed by atoms with Crippen molar-refractivity contribution in [1.29, 1.82) is 0 Å². The standard InChI is InChI=1S/C12H25/c1-6-7-8-11(4)9-12(5)10(2)3/h10-11H,6-9H2,1-5H3/q+1. The predicted molar refractivity (Wildman–Crippen MR) is 57.1 cm³/mol. The Bertz CT molecular complexity index is 94.2. The maximum atomic E-state index is 2.38. The van der Waals surface area contributed by atoms with Crippen LogP contribution >= 0.6 is 0 Å². The molecule has 0 aromatic carbocycles.